The monoisotopic (exact) mass is 518 g/mol. The number of hydrogen-bond donors (Lipinski definition) is 2. The highest BCUT2D eigenvalue weighted by Crippen LogP contribution is 2.32. The normalized spacial score (nSPS) is 12.2. The molecule has 0 aliphatic carbocycles. The summed E-state index contributed by atoms with van der Waals surface area (Å²) in [6.45, 7) is 4.14. The summed E-state index contributed by atoms with van der Waals surface area (Å²) in [7, 11) is 0. The molecule has 12 heteroatoms. The predicted octanol–water partition coefficient (Wildman–Crippen LogP) is 1.25. The predicted molar refractivity (Wildman–Crippen MR) is 137 cm³/mol. The summed E-state index contributed by atoms with van der Waals surface area (Å²) in [6, 6.07) is 13.9. The van der Waals surface area contributed by atoms with Gasteiger partial charge in [-0.1, -0.05) is 44.2 Å². The lowest BCUT2D eigenvalue weighted by molar-refractivity contribution is -0.122. The lowest BCUT2D eigenvalue weighted by Crippen LogP contribution is -2.48. The molecule has 0 fully saturated rings. The van der Waals surface area contributed by atoms with E-state index < -0.39 is 29.6 Å². The highest BCUT2D eigenvalue weighted by molar-refractivity contribution is 5.96. The van der Waals surface area contributed by atoms with E-state index in [1.54, 1.807) is 10.6 Å². The van der Waals surface area contributed by atoms with Gasteiger partial charge in [-0.25, -0.2) is 14.3 Å². The lowest BCUT2D eigenvalue weighted by Gasteiger charge is -2.14. The molecule has 1 aliphatic rings. The fraction of sp³-hybridized carbons (Fsp3) is 0.269. The molecule has 38 heavy (non-hydrogen) atoms. The number of benzene rings is 2. The van der Waals surface area contributed by atoms with Crippen molar-refractivity contribution in [1.29, 1.82) is 0 Å². The Balaban J connectivity index is 1.42. The van der Waals surface area contributed by atoms with Crippen LogP contribution in [0.15, 0.2) is 64.4 Å². The third kappa shape index (κ3) is 4.88. The molecule has 0 bridgehead atoms. The van der Waals surface area contributed by atoms with Crippen LogP contribution in [0.1, 0.15) is 29.8 Å². The Morgan fingerprint density at radius 2 is 1.76 bits per heavy atom. The van der Waals surface area contributed by atoms with Crippen LogP contribution in [-0.4, -0.2) is 37.3 Å². The molecule has 0 spiro atoms. The first-order chi connectivity index (χ1) is 18.3. The zero-order valence-corrected chi connectivity index (χ0v) is 20.8. The Morgan fingerprint density at radius 3 is 2.53 bits per heavy atom. The summed E-state index contributed by atoms with van der Waals surface area (Å²) in [6.07, 6.45) is 1.53. The van der Waals surface area contributed by atoms with Gasteiger partial charge in [0.15, 0.2) is 22.7 Å². The van der Waals surface area contributed by atoms with Crippen molar-refractivity contribution in [3.63, 3.8) is 0 Å². The summed E-state index contributed by atoms with van der Waals surface area (Å²) in [5.74, 6) is -0.205. The Kier molecular flexibility index (Phi) is 6.69. The van der Waals surface area contributed by atoms with Crippen molar-refractivity contribution in [1.82, 2.24) is 29.5 Å². The fourth-order valence-electron chi connectivity index (χ4n) is 4.24. The molecule has 3 heterocycles. The Bertz CT molecular complexity index is 1640. The van der Waals surface area contributed by atoms with Gasteiger partial charge in [-0.05, 0) is 29.7 Å². The van der Waals surface area contributed by atoms with Crippen molar-refractivity contribution in [2.75, 3.05) is 6.79 Å². The van der Waals surface area contributed by atoms with Crippen LogP contribution in [0.3, 0.4) is 0 Å². The highest BCUT2D eigenvalue weighted by Gasteiger charge is 2.21. The number of fused-ring (bicyclic) bond motifs is 2. The van der Waals surface area contributed by atoms with Gasteiger partial charge in [0.05, 0.1) is 12.9 Å². The minimum atomic E-state index is -0.751. The summed E-state index contributed by atoms with van der Waals surface area (Å²) in [4.78, 5) is 56.5. The van der Waals surface area contributed by atoms with E-state index in [9.17, 15) is 19.2 Å². The van der Waals surface area contributed by atoms with Crippen LogP contribution in [0, 0.1) is 5.92 Å². The number of nitrogens with one attached hydrogen (secondary N) is 2. The number of carbonyl (C=O) groups is 2. The molecule has 0 saturated heterocycles. The summed E-state index contributed by atoms with van der Waals surface area (Å²) in [5, 5.41) is 0. The first kappa shape index (κ1) is 24.8. The molecule has 0 saturated carbocycles. The number of hydrazine groups is 1. The third-order valence-electron chi connectivity index (χ3n) is 5.98. The fourth-order valence-corrected chi connectivity index (χ4v) is 4.24. The van der Waals surface area contributed by atoms with Gasteiger partial charge in [0.1, 0.15) is 6.54 Å². The molecule has 0 radical (unpaired) electrons. The first-order valence-corrected chi connectivity index (χ1v) is 12.0. The average molecular weight is 519 g/mol. The zero-order valence-electron chi connectivity index (χ0n) is 20.8. The van der Waals surface area contributed by atoms with Crippen molar-refractivity contribution in [3.05, 3.63) is 86.8 Å². The van der Waals surface area contributed by atoms with Gasteiger partial charge in [-0.3, -0.25) is 29.8 Å². The topological polar surface area (TPSA) is 138 Å². The standard InChI is InChI=1S/C26H26N6O6/c1-16(2)11-30-14-27-23-22(30)25(35)32(26(36)31(23)12-17-6-4-3-5-7-17)13-21(33)28-29-24(34)18-8-9-19-20(10-18)38-15-37-19/h3-10,14,16H,11-13,15H2,1-2H3,(H,28,33)(H,29,34). The molecule has 1 aliphatic heterocycles. The van der Waals surface area contributed by atoms with E-state index in [2.05, 4.69) is 15.8 Å². The summed E-state index contributed by atoms with van der Waals surface area (Å²) < 4.78 is 14.4. The van der Waals surface area contributed by atoms with Gasteiger partial charge in [-0.2, -0.15) is 0 Å². The summed E-state index contributed by atoms with van der Waals surface area (Å²) >= 11 is 0. The van der Waals surface area contributed by atoms with Crippen LogP contribution in [-0.2, 0) is 24.4 Å². The average Bonchev–Trinajstić information content (AvgIpc) is 3.54. The van der Waals surface area contributed by atoms with Gasteiger partial charge in [0.25, 0.3) is 17.4 Å². The maximum Gasteiger partial charge on any atom is 0.333 e. The van der Waals surface area contributed by atoms with Gasteiger partial charge in [0, 0.05) is 12.1 Å². The Hall–Kier alpha value is -4.87. The number of ether oxygens (including phenoxy) is 2. The number of imidazole rings is 1. The smallest absolute Gasteiger partial charge is 0.333 e. The van der Waals surface area contributed by atoms with Crippen molar-refractivity contribution < 1.29 is 19.1 Å². The highest BCUT2D eigenvalue weighted by atomic mass is 16.7. The van der Waals surface area contributed by atoms with Crippen molar-refractivity contribution in [3.8, 4) is 11.5 Å². The van der Waals surface area contributed by atoms with Gasteiger partial charge in [0.2, 0.25) is 6.79 Å². The van der Waals surface area contributed by atoms with E-state index in [1.165, 1.54) is 23.0 Å². The molecule has 0 unspecified atom stereocenters. The van der Waals surface area contributed by atoms with Crippen LogP contribution in [0.5, 0.6) is 11.5 Å². The molecular weight excluding hydrogens is 492 g/mol. The minimum absolute atomic E-state index is 0.0636. The first-order valence-electron chi connectivity index (χ1n) is 12.0. The molecule has 2 aromatic carbocycles. The van der Waals surface area contributed by atoms with E-state index in [4.69, 9.17) is 9.47 Å². The van der Waals surface area contributed by atoms with E-state index in [0.717, 1.165) is 10.1 Å². The van der Waals surface area contributed by atoms with Crippen LogP contribution in [0.4, 0.5) is 0 Å². The molecule has 2 N–H and O–H groups in total. The zero-order chi connectivity index (χ0) is 26.8. The third-order valence-corrected chi connectivity index (χ3v) is 5.98. The van der Waals surface area contributed by atoms with Crippen molar-refractivity contribution in [2.24, 2.45) is 5.92 Å². The SMILES string of the molecule is CC(C)Cn1cnc2c1c(=O)n(CC(=O)NNC(=O)c1ccc3c(c1)OCO3)c(=O)n2Cc1ccccc1. The van der Waals surface area contributed by atoms with Crippen molar-refractivity contribution >= 4 is 23.0 Å². The molecule has 2 amide bonds. The number of rotatable bonds is 7. The van der Waals surface area contributed by atoms with Gasteiger partial charge >= 0.3 is 5.69 Å². The maximum absolute atomic E-state index is 13.4. The summed E-state index contributed by atoms with van der Waals surface area (Å²) in [5.41, 5.74) is 4.79. The molecule has 5 rings (SSSR count). The second-order valence-electron chi connectivity index (χ2n) is 9.28. The van der Waals surface area contributed by atoms with E-state index in [-0.39, 0.29) is 36.0 Å². The number of carbonyl (C=O) groups excluding carboxylic acids is 2. The van der Waals surface area contributed by atoms with E-state index >= 15 is 0 Å². The second-order valence-corrected chi connectivity index (χ2v) is 9.28. The molecule has 196 valence electrons. The van der Waals surface area contributed by atoms with E-state index in [0.29, 0.717) is 18.0 Å². The van der Waals surface area contributed by atoms with Crippen LogP contribution < -0.4 is 31.6 Å². The molecule has 12 nitrogen and oxygen atoms in total. The van der Waals surface area contributed by atoms with Crippen LogP contribution in [0.2, 0.25) is 0 Å². The minimum Gasteiger partial charge on any atom is -0.454 e. The number of hydrogen-bond acceptors (Lipinski definition) is 7. The number of aromatic nitrogens is 4. The molecule has 4 aromatic rings. The largest absolute Gasteiger partial charge is 0.454 e. The van der Waals surface area contributed by atoms with Gasteiger partial charge in [-0.15, -0.1) is 0 Å². The van der Waals surface area contributed by atoms with Crippen molar-refractivity contribution in [2.45, 2.75) is 33.5 Å². The quantitative estimate of drug-likeness (QED) is 0.351. The van der Waals surface area contributed by atoms with E-state index in [1.807, 2.05) is 44.2 Å². The number of nitrogens with zero attached hydrogens (tertiary/aromatic N) is 4. The Labute approximate surface area is 216 Å². The maximum atomic E-state index is 13.4. The molecule has 0 atom stereocenters. The van der Waals surface area contributed by atoms with Gasteiger partial charge < -0.3 is 14.0 Å². The Morgan fingerprint density at radius 1 is 1.00 bits per heavy atom. The number of amides is 2. The molecule has 2 aromatic heterocycles. The van der Waals surface area contributed by atoms with Crippen LogP contribution in [0.25, 0.3) is 11.2 Å². The molecular formula is C26H26N6O6. The second kappa shape index (κ2) is 10.2. The lowest BCUT2D eigenvalue weighted by atomic mass is 10.2. The van der Waals surface area contributed by atoms with Crippen LogP contribution >= 0.6 is 0 Å².